The number of para-hydroxylation sites is 1. The fourth-order valence-corrected chi connectivity index (χ4v) is 6.26. The minimum atomic E-state index is -4.03. The summed E-state index contributed by atoms with van der Waals surface area (Å²) in [7, 11) is -2.31. The number of ether oxygens (including phenoxy) is 1. The summed E-state index contributed by atoms with van der Waals surface area (Å²) >= 11 is 1.06. The second kappa shape index (κ2) is 10.4. The van der Waals surface area contributed by atoms with Gasteiger partial charge in [0, 0.05) is 7.05 Å². The molecular weight excluding hydrogens is 500 g/mol. The molecule has 0 unspecified atom stereocenters. The van der Waals surface area contributed by atoms with Crippen LogP contribution >= 0.6 is 11.3 Å². The minimum absolute atomic E-state index is 0.0894. The molecule has 0 fully saturated rings. The van der Waals surface area contributed by atoms with E-state index in [0.29, 0.717) is 29.4 Å². The third-order valence-electron chi connectivity index (χ3n) is 5.58. The highest BCUT2D eigenvalue weighted by atomic mass is 32.2. The Labute approximate surface area is 213 Å². The summed E-state index contributed by atoms with van der Waals surface area (Å²) in [5, 5.41) is 4.29. The molecule has 0 aliphatic rings. The van der Waals surface area contributed by atoms with Crippen molar-refractivity contribution in [2.24, 2.45) is 7.05 Å². The predicted octanol–water partition coefficient (Wildman–Crippen LogP) is 3.78. The number of benzene rings is 2. The third kappa shape index (κ3) is 4.93. The van der Waals surface area contributed by atoms with Crippen LogP contribution in [-0.4, -0.2) is 36.8 Å². The van der Waals surface area contributed by atoms with Crippen LogP contribution < -0.4 is 19.9 Å². The summed E-state index contributed by atoms with van der Waals surface area (Å²) < 4.78 is 36.5. The Morgan fingerprint density at radius 3 is 2.36 bits per heavy atom. The summed E-state index contributed by atoms with van der Waals surface area (Å²) in [6, 6.07) is 18.6. The molecule has 2 aromatic heterocycles. The summed E-state index contributed by atoms with van der Waals surface area (Å²) in [5.74, 6) is -0.0597. The first-order valence-electron chi connectivity index (χ1n) is 11.2. The zero-order chi connectivity index (χ0) is 25.9. The topological polar surface area (TPSA) is 103 Å². The number of hydrogen-bond donors (Lipinski definition) is 1. The van der Waals surface area contributed by atoms with Crippen molar-refractivity contribution in [3.8, 4) is 11.4 Å². The van der Waals surface area contributed by atoms with E-state index in [9.17, 15) is 18.0 Å². The number of carbonyl (C=O) groups is 1. The third-order valence-corrected chi connectivity index (χ3v) is 8.73. The van der Waals surface area contributed by atoms with E-state index in [1.165, 1.54) is 10.7 Å². The van der Waals surface area contributed by atoms with Crippen molar-refractivity contribution in [2.75, 3.05) is 22.8 Å². The summed E-state index contributed by atoms with van der Waals surface area (Å²) in [4.78, 5) is 26.3. The first-order chi connectivity index (χ1) is 17.2. The number of carbonyl (C=O) groups excluding carboxylic acids is 1. The number of anilines is 2. The molecule has 4 rings (SSSR count). The largest absolute Gasteiger partial charge is 0.494 e. The van der Waals surface area contributed by atoms with Gasteiger partial charge in [0.25, 0.3) is 15.6 Å². The average Bonchev–Trinajstić information content (AvgIpc) is 3.49. The van der Waals surface area contributed by atoms with Gasteiger partial charge in [-0.05, 0) is 61.7 Å². The fraction of sp³-hybridized carbons (Fsp3) is 0.200. The van der Waals surface area contributed by atoms with Gasteiger partial charge in [-0.25, -0.2) is 13.1 Å². The van der Waals surface area contributed by atoms with Crippen LogP contribution in [0.3, 0.4) is 0 Å². The quantitative estimate of drug-likeness (QED) is 0.358. The number of nitrogens with zero attached hydrogens (tertiary/aromatic N) is 3. The second-order valence-corrected chi connectivity index (χ2v) is 10.9. The highest BCUT2D eigenvalue weighted by Gasteiger charge is 2.29. The predicted molar refractivity (Wildman–Crippen MR) is 141 cm³/mol. The van der Waals surface area contributed by atoms with Crippen molar-refractivity contribution in [1.82, 2.24) is 9.36 Å². The molecule has 4 aromatic rings. The first-order valence-corrected chi connectivity index (χ1v) is 13.5. The van der Waals surface area contributed by atoms with Gasteiger partial charge in [-0.2, -0.15) is 0 Å². The van der Waals surface area contributed by atoms with Crippen molar-refractivity contribution in [2.45, 2.75) is 18.1 Å². The second-order valence-electron chi connectivity index (χ2n) is 7.86. The molecule has 0 aliphatic carbocycles. The summed E-state index contributed by atoms with van der Waals surface area (Å²) in [6.07, 6.45) is 0. The normalized spacial score (nSPS) is 11.3. The average molecular weight is 527 g/mol. The Bertz CT molecular complexity index is 1510. The molecule has 36 heavy (non-hydrogen) atoms. The maximum atomic E-state index is 13.4. The molecule has 0 spiro atoms. The van der Waals surface area contributed by atoms with E-state index < -0.39 is 28.0 Å². The lowest BCUT2D eigenvalue weighted by Gasteiger charge is -2.23. The number of amides is 1. The van der Waals surface area contributed by atoms with Gasteiger partial charge in [0.05, 0.1) is 23.7 Å². The number of sulfonamides is 1. The monoisotopic (exact) mass is 526 g/mol. The molecule has 0 radical (unpaired) electrons. The molecule has 0 saturated carbocycles. The van der Waals surface area contributed by atoms with Gasteiger partial charge in [0.2, 0.25) is 5.91 Å². The van der Waals surface area contributed by atoms with Crippen molar-refractivity contribution in [3.05, 3.63) is 88.2 Å². The molecule has 0 saturated heterocycles. The highest BCUT2D eigenvalue weighted by molar-refractivity contribution is 7.94. The number of rotatable bonds is 9. The van der Waals surface area contributed by atoms with Crippen LogP contribution in [0.5, 0.6) is 5.75 Å². The molecule has 2 aromatic carbocycles. The summed E-state index contributed by atoms with van der Waals surface area (Å²) in [5.41, 5.74) is 1.15. The highest BCUT2D eigenvalue weighted by Crippen LogP contribution is 2.28. The number of aromatic nitrogens is 2. The maximum absolute atomic E-state index is 13.4. The van der Waals surface area contributed by atoms with Gasteiger partial charge in [0.15, 0.2) is 0 Å². The van der Waals surface area contributed by atoms with Gasteiger partial charge in [-0.15, -0.1) is 11.3 Å². The zero-order valence-corrected chi connectivity index (χ0v) is 21.7. The van der Waals surface area contributed by atoms with E-state index in [0.717, 1.165) is 15.6 Å². The van der Waals surface area contributed by atoms with Crippen LogP contribution in [0.2, 0.25) is 0 Å². The zero-order valence-electron chi connectivity index (χ0n) is 20.0. The molecular formula is C25H26N4O5S2. The Balaban J connectivity index is 1.66. The fourth-order valence-electron chi connectivity index (χ4n) is 3.73. The Hall–Kier alpha value is -3.83. The van der Waals surface area contributed by atoms with Crippen molar-refractivity contribution < 1.29 is 17.9 Å². The van der Waals surface area contributed by atoms with E-state index in [-0.39, 0.29) is 9.90 Å². The van der Waals surface area contributed by atoms with Crippen LogP contribution in [0.15, 0.2) is 81.1 Å². The van der Waals surface area contributed by atoms with Gasteiger partial charge < -0.3 is 10.1 Å². The molecule has 188 valence electrons. The molecule has 0 atom stereocenters. The van der Waals surface area contributed by atoms with E-state index in [2.05, 4.69) is 5.32 Å². The Kier molecular flexibility index (Phi) is 7.32. The number of thiophene rings is 1. The Morgan fingerprint density at radius 2 is 1.75 bits per heavy atom. The van der Waals surface area contributed by atoms with Crippen molar-refractivity contribution in [3.63, 3.8) is 0 Å². The summed E-state index contributed by atoms with van der Waals surface area (Å²) in [6.45, 7) is 3.51. The molecule has 9 nitrogen and oxygen atoms in total. The van der Waals surface area contributed by atoms with Crippen LogP contribution in [0.1, 0.15) is 12.6 Å². The van der Waals surface area contributed by atoms with Crippen LogP contribution in [0.25, 0.3) is 5.69 Å². The van der Waals surface area contributed by atoms with E-state index in [1.807, 2.05) is 25.1 Å². The molecule has 0 bridgehead atoms. The van der Waals surface area contributed by atoms with Crippen LogP contribution in [-0.2, 0) is 21.9 Å². The van der Waals surface area contributed by atoms with Crippen molar-refractivity contribution in [1.29, 1.82) is 0 Å². The lowest BCUT2D eigenvalue weighted by molar-refractivity contribution is -0.114. The lowest BCUT2D eigenvalue weighted by atomic mass is 10.3. The maximum Gasteiger partial charge on any atom is 0.295 e. The van der Waals surface area contributed by atoms with Gasteiger partial charge in [-0.3, -0.25) is 18.6 Å². The van der Waals surface area contributed by atoms with E-state index in [1.54, 1.807) is 66.5 Å². The standard InChI is InChI=1S/C25H26N4O5S2/c1-4-34-21-14-12-19(13-15-21)28(36(32,33)23-11-8-16-35-23)17-22(30)26-24-18(2)27(3)29(25(24)31)20-9-6-5-7-10-20/h5-16H,4,17H2,1-3H3,(H,26,30). The molecule has 0 aliphatic heterocycles. The van der Waals surface area contributed by atoms with Gasteiger partial charge in [0.1, 0.15) is 22.2 Å². The SMILES string of the molecule is CCOc1ccc(N(CC(=O)Nc2c(C)n(C)n(-c3ccccc3)c2=O)S(=O)(=O)c2cccs2)cc1. The minimum Gasteiger partial charge on any atom is -0.494 e. The molecule has 1 amide bonds. The van der Waals surface area contributed by atoms with Crippen LogP contribution in [0.4, 0.5) is 11.4 Å². The van der Waals surface area contributed by atoms with Gasteiger partial charge >= 0.3 is 0 Å². The lowest BCUT2D eigenvalue weighted by Crippen LogP contribution is -2.38. The molecule has 2 heterocycles. The first kappa shape index (κ1) is 25.3. The number of nitrogens with one attached hydrogen (secondary N) is 1. The Morgan fingerprint density at radius 1 is 1.06 bits per heavy atom. The van der Waals surface area contributed by atoms with Gasteiger partial charge in [-0.1, -0.05) is 24.3 Å². The number of hydrogen-bond acceptors (Lipinski definition) is 6. The van der Waals surface area contributed by atoms with Crippen molar-refractivity contribution >= 4 is 38.6 Å². The van der Waals surface area contributed by atoms with E-state index in [4.69, 9.17) is 4.74 Å². The molecule has 11 heteroatoms. The smallest absolute Gasteiger partial charge is 0.295 e. The molecule has 1 N–H and O–H groups in total. The van der Waals surface area contributed by atoms with E-state index >= 15 is 0 Å². The van der Waals surface area contributed by atoms with Crippen LogP contribution in [0, 0.1) is 6.92 Å².